The van der Waals surface area contributed by atoms with Gasteiger partial charge in [-0.15, -0.1) is 0 Å². The van der Waals surface area contributed by atoms with Crippen molar-refractivity contribution < 1.29 is 41.0 Å². The van der Waals surface area contributed by atoms with E-state index in [1.165, 1.54) is 22.8 Å². The van der Waals surface area contributed by atoms with Gasteiger partial charge in [-0.3, -0.25) is 4.90 Å². The van der Waals surface area contributed by atoms with Gasteiger partial charge in [-0.25, -0.2) is 13.2 Å². The summed E-state index contributed by atoms with van der Waals surface area (Å²) in [6.07, 6.45) is 2.97. The van der Waals surface area contributed by atoms with Crippen LogP contribution >= 0.6 is 0 Å². The molecule has 3 fully saturated rings. The molecule has 1 aliphatic carbocycles. The van der Waals surface area contributed by atoms with Crippen LogP contribution in [0, 0.1) is 17.3 Å². The summed E-state index contributed by atoms with van der Waals surface area (Å²) in [4.78, 5) is 13.6. The number of alkyl halides is 3. The zero-order valence-corrected chi connectivity index (χ0v) is 28.1. The molecule has 3 heterocycles. The second-order valence-corrected chi connectivity index (χ2v) is 15.4. The molecule has 0 bridgehead atoms. The fraction of sp³-hybridized carbons (Fsp3) is 0.514. The van der Waals surface area contributed by atoms with Gasteiger partial charge in [0.05, 0.1) is 28.3 Å². The van der Waals surface area contributed by atoms with Gasteiger partial charge in [-0.1, -0.05) is 12.0 Å². The molecule has 0 radical (unpaired) electrons. The Morgan fingerprint density at radius 2 is 1.82 bits per heavy atom. The van der Waals surface area contributed by atoms with Crippen LogP contribution in [0.2, 0.25) is 0 Å². The van der Waals surface area contributed by atoms with Crippen molar-refractivity contribution in [2.45, 2.75) is 68.2 Å². The molecule has 6 rings (SSSR count). The minimum Gasteiger partial charge on any atom is -0.480 e. The van der Waals surface area contributed by atoms with E-state index >= 15 is 0 Å². The molecule has 3 aromatic rings. The number of fused-ring (bicyclic) bond motifs is 1. The van der Waals surface area contributed by atoms with Crippen molar-refractivity contribution in [1.29, 1.82) is 0 Å². The van der Waals surface area contributed by atoms with E-state index in [-0.39, 0.29) is 34.6 Å². The maximum atomic E-state index is 13.7. The number of carboxylic acid groups (broad SMARTS) is 1. The highest BCUT2D eigenvalue weighted by atomic mass is 32.2. The highest BCUT2D eigenvalue weighted by molar-refractivity contribution is 7.90. The Bertz CT molecular complexity index is 1840. The normalized spacial score (nSPS) is 21.1. The zero-order chi connectivity index (χ0) is 34.8. The lowest BCUT2D eigenvalue weighted by molar-refractivity contribution is -0.140. The zero-order valence-electron chi connectivity index (χ0n) is 27.3. The van der Waals surface area contributed by atoms with Crippen LogP contribution in [0.3, 0.4) is 0 Å². The van der Waals surface area contributed by atoms with E-state index in [1.54, 1.807) is 18.2 Å². The fourth-order valence-corrected chi connectivity index (χ4v) is 7.91. The lowest BCUT2D eigenvalue weighted by Crippen LogP contribution is -2.62. The molecule has 0 unspecified atom stereocenters. The van der Waals surface area contributed by atoms with Gasteiger partial charge in [-0.2, -0.15) is 13.2 Å². The van der Waals surface area contributed by atoms with Crippen LogP contribution in [0.25, 0.3) is 10.9 Å². The van der Waals surface area contributed by atoms with Crippen molar-refractivity contribution in [3.8, 4) is 17.6 Å². The summed E-state index contributed by atoms with van der Waals surface area (Å²) in [6, 6.07) is 11.8. The molecule has 264 valence electrons. The molecular weight excluding hydrogens is 661 g/mol. The molecule has 1 spiro atoms. The first-order valence-electron chi connectivity index (χ1n) is 16.5. The summed E-state index contributed by atoms with van der Waals surface area (Å²) in [6.45, 7) is 2.10. The van der Waals surface area contributed by atoms with Gasteiger partial charge in [0, 0.05) is 67.2 Å². The monoisotopic (exact) mass is 702 g/mol. The first-order chi connectivity index (χ1) is 23.3. The number of nitrogens with one attached hydrogen (secondary N) is 2. The third-order valence-electron chi connectivity index (χ3n) is 9.80. The number of hydrogen-bond acceptors (Lipinski definition) is 8. The van der Waals surface area contributed by atoms with Crippen LogP contribution in [0.1, 0.15) is 44.2 Å². The van der Waals surface area contributed by atoms with E-state index in [0.29, 0.717) is 22.4 Å². The Morgan fingerprint density at radius 3 is 2.49 bits per heavy atom. The van der Waals surface area contributed by atoms with Crippen molar-refractivity contribution >= 4 is 38.1 Å². The summed E-state index contributed by atoms with van der Waals surface area (Å²) < 4.78 is 77.2. The molecular formula is C35H41F3N4O6S. The average Bonchev–Trinajstić information content (AvgIpc) is 3.38. The SMILES string of the molecule is CS(=O)(=O)c1ccc(NCC#Cc2cc3c(N[C@H]4CC[C@@H](N5CC6(CCOCC6)C5)CC4)cccc3n2CC(F)(F)F)c(OCC(=O)O)c1. The molecule has 49 heavy (non-hydrogen) atoms. The van der Waals surface area contributed by atoms with Crippen molar-refractivity contribution in [3.05, 3.63) is 48.2 Å². The highest BCUT2D eigenvalue weighted by Crippen LogP contribution is 2.43. The molecule has 10 nitrogen and oxygen atoms in total. The molecule has 3 N–H and O–H groups in total. The number of rotatable bonds is 10. The van der Waals surface area contributed by atoms with Crippen LogP contribution in [0.5, 0.6) is 5.75 Å². The lowest BCUT2D eigenvalue weighted by Gasteiger charge is -2.56. The van der Waals surface area contributed by atoms with Crippen LogP contribution in [-0.2, 0) is 25.9 Å². The van der Waals surface area contributed by atoms with Crippen molar-refractivity contribution in [2.24, 2.45) is 5.41 Å². The van der Waals surface area contributed by atoms with Crippen LogP contribution in [0.15, 0.2) is 47.4 Å². The van der Waals surface area contributed by atoms with E-state index in [2.05, 4.69) is 27.4 Å². The lowest BCUT2D eigenvalue weighted by atomic mass is 9.71. The topological polar surface area (TPSA) is 122 Å². The van der Waals surface area contributed by atoms with Crippen LogP contribution < -0.4 is 15.4 Å². The van der Waals surface area contributed by atoms with Crippen molar-refractivity contribution in [2.75, 3.05) is 56.3 Å². The Hall–Kier alpha value is -3.93. The Balaban J connectivity index is 1.15. The van der Waals surface area contributed by atoms with E-state index in [9.17, 15) is 26.4 Å². The van der Waals surface area contributed by atoms with E-state index in [0.717, 1.165) is 76.8 Å². The Labute approximate surface area is 283 Å². The van der Waals surface area contributed by atoms with Crippen LogP contribution in [-0.4, -0.2) is 92.9 Å². The molecule has 2 aliphatic heterocycles. The second-order valence-electron chi connectivity index (χ2n) is 13.4. The fourth-order valence-electron chi connectivity index (χ4n) is 7.28. The van der Waals surface area contributed by atoms with Gasteiger partial charge < -0.3 is 29.8 Å². The third-order valence-corrected chi connectivity index (χ3v) is 10.9. The molecule has 14 heteroatoms. The number of ether oxygens (including phenoxy) is 2. The summed E-state index contributed by atoms with van der Waals surface area (Å²) >= 11 is 0. The Morgan fingerprint density at radius 1 is 1.08 bits per heavy atom. The number of aromatic nitrogens is 1. The average molecular weight is 703 g/mol. The predicted molar refractivity (Wildman–Crippen MR) is 180 cm³/mol. The van der Waals surface area contributed by atoms with Gasteiger partial charge in [0.25, 0.3) is 0 Å². The van der Waals surface area contributed by atoms with Gasteiger partial charge >= 0.3 is 12.1 Å². The number of halogens is 3. The number of nitrogens with zero attached hydrogens (tertiary/aromatic N) is 2. The third kappa shape index (κ3) is 8.45. The van der Waals surface area contributed by atoms with Gasteiger partial charge in [-0.05, 0) is 74.8 Å². The number of carboxylic acids is 1. The van der Waals surface area contributed by atoms with Gasteiger partial charge in [0.2, 0.25) is 0 Å². The molecule has 2 saturated heterocycles. The summed E-state index contributed by atoms with van der Waals surface area (Å²) in [5, 5.41) is 16.3. The largest absolute Gasteiger partial charge is 0.480 e. The van der Waals surface area contributed by atoms with E-state index < -0.39 is 35.1 Å². The minimum absolute atomic E-state index is 0.00354. The van der Waals surface area contributed by atoms with Crippen LogP contribution in [0.4, 0.5) is 24.5 Å². The smallest absolute Gasteiger partial charge is 0.406 e. The predicted octanol–water partition coefficient (Wildman–Crippen LogP) is 5.37. The molecule has 1 saturated carbocycles. The first kappa shape index (κ1) is 34.9. The summed E-state index contributed by atoms with van der Waals surface area (Å²) in [5.41, 5.74) is 2.13. The molecule has 0 amide bonds. The molecule has 3 aliphatic rings. The van der Waals surface area contributed by atoms with Gasteiger partial charge in [0.15, 0.2) is 16.4 Å². The number of aliphatic carboxylic acids is 1. The highest BCUT2D eigenvalue weighted by Gasteiger charge is 2.46. The minimum atomic E-state index is -4.47. The van der Waals surface area contributed by atoms with E-state index in [1.807, 2.05) is 6.07 Å². The summed E-state index contributed by atoms with van der Waals surface area (Å²) in [5.74, 6) is 4.47. The van der Waals surface area contributed by atoms with Gasteiger partial charge in [0.1, 0.15) is 12.3 Å². The van der Waals surface area contributed by atoms with E-state index in [4.69, 9.17) is 14.6 Å². The molecule has 1 aromatic heterocycles. The number of benzene rings is 2. The first-order valence-corrected chi connectivity index (χ1v) is 18.4. The number of sulfone groups is 1. The van der Waals surface area contributed by atoms with Crippen molar-refractivity contribution in [1.82, 2.24) is 9.47 Å². The number of anilines is 2. The summed E-state index contributed by atoms with van der Waals surface area (Å²) in [7, 11) is -3.59. The maximum Gasteiger partial charge on any atom is 0.406 e. The quantitative estimate of drug-likeness (QED) is 0.240. The number of hydrogen-bond donors (Lipinski definition) is 3. The maximum absolute atomic E-state index is 13.7. The number of carbonyl (C=O) groups is 1. The van der Waals surface area contributed by atoms with Crippen molar-refractivity contribution in [3.63, 3.8) is 0 Å². The molecule has 2 aromatic carbocycles. The Kier molecular flexibility index (Phi) is 10.1. The second kappa shape index (κ2) is 14.1. The molecule has 0 atom stereocenters. The number of likely N-dealkylation sites (tertiary alicyclic amines) is 1. The standard InChI is InChI=1S/C35H41F3N4O6S/c1-49(45,46)27-11-12-30(32(19-27)48-20-33(43)44)39-15-3-4-26-18-28-29(5-2-6-31(28)42(26)23-35(36,37)38)40-24-7-9-25(10-8-24)41-21-34(22-41)13-16-47-17-14-34/h2,5-6,11-12,18-19,24-25,39-40H,7-10,13-17,20-23H2,1H3,(H,43,44)/t24-,25+.